The van der Waals surface area contributed by atoms with Gasteiger partial charge in [0.2, 0.25) is 0 Å². The van der Waals surface area contributed by atoms with E-state index in [1.165, 1.54) is 4.70 Å². The van der Waals surface area contributed by atoms with Crippen molar-refractivity contribution in [3.05, 3.63) is 42.5 Å². The first-order valence-corrected chi connectivity index (χ1v) is 10.9. The van der Waals surface area contributed by atoms with Gasteiger partial charge in [0.15, 0.2) is 16.5 Å². The highest BCUT2D eigenvalue weighted by molar-refractivity contribution is 7.23. The Morgan fingerprint density at radius 2 is 1.87 bits per heavy atom. The molecule has 0 unspecified atom stereocenters. The minimum Gasteiger partial charge on any atom is -0.493 e. The molecule has 0 spiro atoms. The zero-order chi connectivity index (χ0) is 21.1. The van der Waals surface area contributed by atoms with E-state index in [1.807, 2.05) is 18.2 Å². The fraction of sp³-hybridized carbons (Fsp3) is 0.348. The SMILES string of the molecule is COc1ccc(-c2nc3sc4ccccc4n3c2NCCCOC(C)C)cc1OC. The van der Waals surface area contributed by atoms with Crippen molar-refractivity contribution < 1.29 is 14.2 Å². The maximum atomic E-state index is 5.68. The predicted molar refractivity (Wildman–Crippen MR) is 123 cm³/mol. The van der Waals surface area contributed by atoms with Crippen molar-refractivity contribution in [1.29, 1.82) is 0 Å². The summed E-state index contributed by atoms with van der Waals surface area (Å²) in [7, 11) is 3.29. The number of nitrogens with zero attached hydrogens (tertiary/aromatic N) is 2. The van der Waals surface area contributed by atoms with Crippen LogP contribution in [0.5, 0.6) is 11.5 Å². The molecule has 0 bridgehead atoms. The smallest absolute Gasteiger partial charge is 0.197 e. The maximum absolute atomic E-state index is 5.68. The van der Waals surface area contributed by atoms with Gasteiger partial charge in [0.05, 0.1) is 30.5 Å². The molecule has 0 atom stereocenters. The molecule has 0 aliphatic heterocycles. The zero-order valence-electron chi connectivity index (χ0n) is 17.8. The lowest BCUT2D eigenvalue weighted by atomic mass is 10.1. The third-order valence-electron chi connectivity index (χ3n) is 4.88. The number of imidazole rings is 1. The molecule has 0 saturated carbocycles. The number of aromatic nitrogens is 2. The molecule has 4 rings (SSSR count). The Hall–Kier alpha value is -2.77. The van der Waals surface area contributed by atoms with Crippen LogP contribution in [-0.2, 0) is 4.74 Å². The highest BCUT2D eigenvalue weighted by Crippen LogP contribution is 2.38. The Labute approximate surface area is 180 Å². The highest BCUT2D eigenvalue weighted by Gasteiger charge is 2.19. The second-order valence-corrected chi connectivity index (χ2v) is 8.28. The fourth-order valence-corrected chi connectivity index (χ4v) is 4.49. The summed E-state index contributed by atoms with van der Waals surface area (Å²) in [5.74, 6) is 2.37. The van der Waals surface area contributed by atoms with Crippen LogP contribution in [0.15, 0.2) is 42.5 Å². The van der Waals surface area contributed by atoms with Crippen LogP contribution in [0, 0.1) is 0 Å². The topological polar surface area (TPSA) is 57.0 Å². The average Bonchev–Trinajstić information content (AvgIpc) is 3.29. The number of fused-ring (bicyclic) bond motifs is 3. The number of methoxy groups -OCH3 is 2. The number of anilines is 1. The number of rotatable bonds is 9. The Kier molecular flexibility index (Phi) is 6.11. The van der Waals surface area contributed by atoms with Crippen LogP contribution < -0.4 is 14.8 Å². The summed E-state index contributed by atoms with van der Waals surface area (Å²) in [4.78, 5) is 5.93. The van der Waals surface area contributed by atoms with Crippen LogP contribution in [-0.4, -0.2) is 42.9 Å². The average molecular weight is 426 g/mol. The number of para-hydroxylation sites is 1. The third-order valence-corrected chi connectivity index (χ3v) is 5.90. The zero-order valence-corrected chi connectivity index (χ0v) is 18.6. The number of hydrogen-bond donors (Lipinski definition) is 1. The van der Waals surface area contributed by atoms with Gasteiger partial charge in [-0.05, 0) is 50.6 Å². The molecule has 1 N–H and O–H groups in total. The lowest BCUT2D eigenvalue weighted by Crippen LogP contribution is -2.10. The highest BCUT2D eigenvalue weighted by atomic mass is 32.1. The fourth-order valence-electron chi connectivity index (χ4n) is 3.46. The standard InChI is InChI=1S/C23H27N3O3S/c1-15(2)29-13-7-12-24-22-21(16-10-11-18(27-3)19(14-16)28-4)25-23-26(22)17-8-5-6-9-20(17)30-23/h5-6,8-11,14-15,24H,7,12-13H2,1-4H3. The summed E-state index contributed by atoms with van der Waals surface area (Å²) in [6, 6.07) is 14.3. The van der Waals surface area contributed by atoms with Gasteiger partial charge in [0, 0.05) is 18.7 Å². The van der Waals surface area contributed by atoms with E-state index in [9.17, 15) is 0 Å². The van der Waals surface area contributed by atoms with Crippen LogP contribution in [0.2, 0.25) is 0 Å². The largest absolute Gasteiger partial charge is 0.493 e. The minimum absolute atomic E-state index is 0.245. The van der Waals surface area contributed by atoms with Gasteiger partial charge in [-0.1, -0.05) is 23.5 Å². The number of hydrogen-bond acceptors (Lipinski definition) is 6. The maximum Gasteiger partial charge on any atom is 0.197 e. The molecule has 0 amide bonds. The van der Waals surface area contributed by atoms with Gasteiger partial charge in [0.1, 0.15) is 11.5 Å². The van der Waals surface area contributed by atoms with Gasteiger partial charge in [-0.2, -0.15) is 0 Å². The molecule has 0 saturated heterocycles. The van der Waals surface area contributed by atoms with E-state index in [-0.39, 0.29) is 6.10 Å². The molecule has 30 heavy (non-hydrogen) atoms. The van der Waals surface area contributed by atoms with Gasteiger partial charge in [-0.25, -0.2) is 4.98 Å². The molecule has 2 heterocycles. The molecule has 2 aromatic heterocycles. The molecule has 7 heteroatoms. The van der Waals surface area contributed by atoms with E-state index in [4.69, 9.17) is 19.2 Å². The van der Waals surface area contributed by atoms with Gasteiger partial charge < -0.3 is 19.5 Å². The van der Waals surface area contributed by atoms with Gasteiger partial charge in [-0.15, -0.1) is 0 Å². The quantitative estimate of drug-likeness (QED) is 0.361. The Morgan fingerprint density at radius 3 is 2.63 bits per heavy atom. The van der Waals surface area contributed by atoms with Crippen molar-refractivity contribution in [3.63, 3.8) is 0 Å². The summed E-state index contributed by atoms with van der Waals surface area (Å²) in [6.07, 6.45) is 1.16. The van der Waals surface area contributed by atoms with E-state index in [0.717, 1.165) is 47.1 Å². The molecule has 0 aliphatic rings. The second-order valence-electron chi connectivity index (χ2n) is 7.27. The first-order valence-electron chi connectivity index (χ1n) is 10.1. The second kappa shape index (κ2) is 8.93. The van der Waals surface area contributed by atoms with E-state index < -0.39 is 0 Å². The number of ether oxygens (including phenoxy) is 3. The molecule has 0 aliphatic carbocycles. The Bertz CT molecular complexity index is 1150. The molecule has 158 valence electrons. The first-order chi connectivity index (χ1) is 14.6. The molecule has 0 radical (unpaired) electrons. The van der Waals surface area contributed by atoms with Crippen molar-refractivity contribution in [1.82, 2.24) is 9.38 Å². The number of nitrogens with one attached hydrogen (secondary N) is 1. The van der Waals surface area contributed by atoms with Crippen molar-refractivity contribution >= 4 is 32.3 Å². The van der Waals surface area contributed by atoms with E-state index in [1.54, 1.807) is 25.6 Å². The summed E-state index contributed by atoms with van der Waals surface area (Å²) in [5.41, 5.74) is 3.03. The third kappa shape index (κ3) is 3.95. The Morgan fingerprint density at radius 1 is 1.07 bits per heavy atom. The molecule has 6 nitrogen and oxygen atoms in total. The van der Waals surface area contributed by atoms with Crippen LogP contribution in [0.3, 0.4) is 0 Å². The molecule has 4 aromatic rings. The van der Waals surface area contributed by atoms with Crippen molar-refractivity contribution in [2.45, 2.75) is 26.4 Å². The van der Waals surface area contributed by atoms with Crippen molar-refractivity contribution in [2.75, 3.05) is 32.7 Å². The van der Waals surface area contributed by atoms with Crippen LogP contribution in [0.4, 0.5) is 5.82 Å². The molecule has 2 aromatic carbocycles. The molecular formula is C23H27N3O3S. The van der Waals surface area contributed by atoms with E-state index in [2.05, 4.69) is 47.8 Å². The van der Waals surface area contributed by atoms with Gasteiger partial charge in [0.25, 0.3) is 0 Å². The summed E-state index contributed by atoms with van der Waals surface area (Å²) in [6.45, 7) is 5.63. The monoisotopic (exact) mass is 425 g/mol. The predicted octanol–water partition coefficient (Wildman–Crippen LogP) is 5.46. The summed E-state index contributed by atoms with van der Waals surface area (Å²) >= 11 is 1.69. The Balaban J connectivity index is 1.75. The summed E-state index contributed by atoms with van der Waals surface area (Å²) < 4.78 is 20.0. The minimum atomic E-state index is 0.245. The number of thiazole rings is 1. The van der Waals surface area contributed by atoms with Crippen molar-refractivity contribution in [2.24, 2.45) is 0 Å². The molecule has 0 fully saturated rings. The van der Waals surface area contributed by atoms with Crippen LogP contribution in [0.1, 0.15) is 20.3 Å². The van der Waals surface area contributed by atoms with Crippen LogP contribution >= 0.6 is 11.3 Å². The first kappa shape index (κ1) is 20.5. The van der Waals surface area contributed by atoms with Crippen molar-refractivity contribution in [3.8, 4) is 22.8 Å². The van der Waals surface area contributed by atoms with E-state index >= 15 is 0 Å². The lowest BCUT2D eigenvalue weighted by Gasteiger charge is -2.12. The number of benzene rings is 2. The normalized spacial score (nSPS) is 11.5. The van der Waals surface area contributed by atoms with Gasteiger partial charge >= 0.3 is 0 Å². The summed E-state index contributed by atoms with van der Waals surface area (Å²) in [5, 5.41) is 3.61. The lowest BCUT2D eigenvalue weighted by molar-refractivity contribution is 0.0787. The van der Waals surface area contributed by atoms with Gasteiger partial charge in [-0.3, -0.25) is 4.40 Å². The van der Waals surface area contributed by atoms with E-state index in [0.29, 0.717) is 11.5 Å². The molecular weight excluding hydrogens is 398 g/mol. The van der Waals surface area contributed by atoms with Crippen LogP contribution in [0.25, 0.3) is 26.4 Å².